The number of benzene rings is 2. The van der Waals surface area contributed by atoms with Gasteiger partial charge in [0, 0.05) is 16.2 Å². The van der Waals surface area contributed by atoms with E-state index in [9.17, 15) is 9.59 Å². The number of nitrogens with one attached hydrogen (secondary N) is 2. The lowest BCUT2D eigenvalue weighted by molar-refractivity contribution is -0.123. The van der Waals surface area contributed by atoms with Gasteiger partial charge in [-0.15, -0.1) is 0 Å². The molecule has 0 unspecified atom stereocenters. The van der Waals surface area contributed by atoms with Gasteiger partial charge in [-0.05, 0) is 61.0 Å². The lowest BCUT2D eigenvalue weighted by Gasteiger charge is -2.28. The first-order chi connectivity index (χ1) is 12.4. The van der Waals surface area contributed by atoms with Crippen LogP contribution in [0.25, 0.3) is 0 Å². The molecular formula is C20H24BrN3O2. The fourth-order valence-corrected chi connectivity index (χ4v) is 2.84. The second kappa shape index (κ2) is 9.38. The molecule has 138 valence electrons. The summed E-state index contributed by atoms with van der Waals surface area (Å²) in [6, 6.07) is 15.6. The van der Waals surface area contributed by atoms with Crippen LogP contribution in [0.3, 0.4) is 0 Å². The predicted octanol–water partition coefficient (Wildman–Crippen LogP) is 3.73. The highest BCUT2D eigenvalue weighted by Crippen LogP contribution is 2.21. The van der Waals surface area contributed by atoms with E-state index in [4.69, 9.17) is 0 Å². The first-order valence-corrected chi connectivity index (χ1v) is 9.30. The lowest BCUT2D eigenvalue weighted by atomic mass is 10.2. The molecule has 0 aliphatic heterocycles. The fourth-order valence-electron chi connectivity index (χ4n) is 2.45. The third kappa shape index (κ3) is 5.88. The SMILES string of the molecule is Cc1ccc(N(CC(=O)NCC(=O)Nc2ccccc2Br)C(C)C)cc1. The summed E-state index contributed by atoms with van der Waals surface area (Å²) in [5.74, 6) is -0.460. The van der Waals surface area contributed by atoms with Gasteiger partial charge in [-0.3, -0.25) is 9.59 Å². The van der Waals surface area contributed by atoms with Crippen molar-refractivity contribution >= 4 is 39.1 Å². The van der Waals surface area contributed by atoms with E-state index < -0.39 is 0 Å². The smallest absolute Gasteiger partial charge is 0.243 e. The Balaban J connectivity index is 1.89. The van der Waals surface area contributed by atoms with Gasteiger partial charge in [0.15, 0.2) is 0 Å². The molecule has 0 spiro atoms. The molecule has 2 N–H and O–H groups in total. The Morgan fingerprint density at radius 1 is 1.04 bits per heavy atom. The maximum Gasteiger partial charge on any atom is 0.243 e. The van der Waals surface area contributed by atoms with Gasteiger partial charge in [0.1, 0.15) is 0 Å². The number of carbonyl (C=O) groups is 2. The van der Waals surface area contributed by atoms with Crippen LogP contribution in [0, 0.1) is 6.92 Å². The maximum absolute atomic E-state index is 12.3. The first-order valence-electron chi connectivity index (χ1n) is 8.51. The molecule has 0 bridgehead atoms. The molecule has 0 aromatic heterocycles. The standard InChI is InChI=1S/C20H24BrN3O2/c1-14(2)24(16-10-8-15(3)9-11-16)13-20(26)22-12-19(25)23-18-7-5-4-6-17(18)21/h4-11,14H,12-13H2,1-3H3,(H,22,26)(H,23,25). The minimum absolute atomic E-state index is 0.0694. The molecule has 6 heteroatoms. The summed E-state index contributed by atoms with van der Waals surface area (Å²) >= 11 is 3.38. The molecule has 0 fully saturated rings. The van der Waals surface area contributed by atoms with Gasteiger partial charge in [-0.25, -0.2) is 0 Å². The topological polar surface area (TPSA) is 61.4 Å². The van der Waals surface area contributed by atoms with Gasteiger partial charge in [0.05, 0.1) is 18.8 Å². The van der Waals surface area contributed by atoms with Crippen molar-refractivity contribution in [3.05, 3.63) is 58.6 Å². The highest BCUT2D eigenvalue weighted by atomic mass is 79.9. The molecule has 0 atom stereocenters. The van der Waals surface area contributed by atoms with Crippen molar-refractivity contribution in [3.8, 4) is 0 Å². The summed E-state index contributed by atoms with van der Waals surface area (Å²) in [6.45, 7) is 6.22. The molecule has 2 amide bonds. The van der Waals surface area contributed by atoms with Crippen LogP contribution in [0.2, 0.25) is 0 Å². The number of anilines is 2. The highest BCUT2D eigenvalue weighted by Gasteiger charge is 2.15. The third-order valence-electron chi connectivity index (χ3n) is 3.90. The summed E-state index contributed by atoms with van der Waals surface area (Å²) < 4.78 is 0.796. The average molecular weight is 418 g/mol. The Morgan fingerprint density at radius 3 is 2.31 bits per heavy atom. The van der Waals surface area contributed by atoms with Crippen LogP contribution in [0.15, 0.2) is 53.0 Å². The Hall–Kier alpha value is -2.34. The van der Waals surface area contributed by atoms with E-state index in [0.29, 0.717) is 5.69 Å². The number of carbonyl (C=O) groups excluding carboxylic acids is 2. The zero-order valence-corrected chi connectivity index (χ0v) is 16.8. The number of hydrogen-bond donors (Lipinski definition) is 2. The number of amides is 2. The number of para-hydroxylation sites is 1. The minimum Gasteiger partial charge on any atom is -0.360 e. The van der Waals surface area contributed by atoms with Crippen molar-refractivity contribution in [2.45, 2.75) is 26.8 Å². The molecule has 0 saturated carbocycles. The molecule has 0 aliphatic carbocycles. The van der Waals surface area contributed by atoms with Crippen molar-refractivity contribution in [2.24, 2.45) is 0 Å². The van der Waals surface area contributed by atoms with Crippen LogP contribution >= 0.6 is 15.9 Å². The molecule has 5 nitrogen and oxygen atoms in total. The average Bonchev–Trinajstić information content (AvgIpc) is 2.60. The number of halogens is 1. The zero-order valence-electron chi connectivity index (χ0n) is 15.3. The normalized spacial score (nSPS) is 10.5. The van der Waals surface area contributed by atoms with Gasteiger partial charge >= 0.3 is 0 Å². The van der Waals surface area contributed by atoms with E-state index in [-0.39, 0.29) is 30.9 Å². The number of nitrogens with zero attached hydrogens (tertiary/aromatic N) is 1. The van der Waals surface area contributed by atoms with Crippen molar-refractivity contribution in [3.63, 3.8) is 0 Å². The largest absolute Gasteiger partial charge is 0.360 e. The number of aryl methyl sites for hydroxylation is 1. The van der Waals surface area contributed by atoms with Crippen LogP contribution in [-0.4, -0.2) is 30.9 Å². The van der Waals surface area contributed by atoms with E-state index in [1.165, 1.54) is 5.56 Å². The van der Waals surface area contributed by atoms with Crippen LogP contribution in [0.1, 0.15) is 19.4 Å². The molecule has 2 aromatic rings. The molecular weight excluding hydrogens is 394 g/mol. The maximum atomic E-state index is 12.3. The van der Waals surface area contributed by atoms with Crippen molar-refractivity contribution in [2.75, 3.05) is 23.3 Å². The Bertz CT molecular complexity index is 760. The molecule has 26 heavy (non-hydrogen) atoms. The summed E-state index contributed by atoms with van der Waals surface area (Å²) in [5, 5.41) is 5.45. The van der Waals surface area contributed by atoms with Crippen LogP contribution in [0.5, 0.6) is 0 Å². The monoisotopic (exact) mass is 417 g/mol. The zero-order chi connectivity index (χ0) is 19.1. The first kappa shape index (κ1) is 20.0. The van der Waals surface area contributed by atoms with Gasteiger partial charge < -0.3 is 15.5 Å². The number of rotatable bonds is 7. The predicted molar refractivity (Wildman–Crippen MR) is 109 cm³/mol. The van der Waals surface area contributed by atoms with Gasteiger partial charge in [0.2, 0.25) is 11.8 Å². The Morgan fingerprint density at radius 2 is 1.69 bits per heavy atom. The van der Waals surface area contributed by atoms with Crippen molar-refractivity contribution < 1.29 is 9.59 Å². The second-order valence-corrected chi connectivity index (χ2v) is 7.22. The van der Waals surface area contributed by atoms with Crippen LogP contribution < -0.4 is 15.5 Å². The number of hydrogen-bond acceptors (Lipinski definition) is 3. The Labute approximate surface area is 162 Å². The summed E-state index contributed by atoms with van der Waals surface area (Å²) in [6.07, 6.45) is 0. The quantitative estimate of drug-likeness (QED) is 0.721. The minimum atomic E-state index is -0.267. The highest BCUT2D eigenvalue weighted by molar-refractivity contribution is 9.10. The summed E-state index contributed by atoms with van der Waals surface area (Å²) in [5.41, 5.74) is 2.83. The second-order valence-electron chi connectivity index (χ2n) is 6.36. The lowest BCUT2D eigenvalue weighted by Crippen LogP contribution is -2.43. The molecule has 2 aromatic carbocycles. The van der Waals surface area contributed by atoms with Gasteiger partial charge in [-0.2, -0.15) is 0 Å². The summed E-state index contributed by atoms with van der Waals surface area (Å²) in [4.78, 5) is 26.3. The van der Waals surface area contributed by atoms with Crippen LogP contribution in [-0.2, 0) is 9.59 Å². The summed E-state index contributed by atoms with van der Waals surface area (Å²) in [7, 11) is 0. The molecule has 0 saturated heterocycles. The van der Waals surface area contributed by atoms with Crippen molar-refractivity contribution in [1.82, 2.24) is 5.32 Å². The van der Waals surface area contributed by atoms with Crippen LogP contribution in [0.4, 0.5) is 11.4 Å². The van der Waals surface area contributed by atoms with E-state index in [2.05, 4.69) is 26.6 Å². The fraction of sp³-hybridized carbons (Fsp3) is 0.300. The molecule has 0 radical (unpaired) electrons. The molecule has 2 rings (SSSR count). The molecule has 0 aliphatic rings. The van der Waals surface area contributed by atoms with Gasteiger partial charge in [-0.1, -0.05) is 29.8 Å². The molecule has 0 heterocycles. The van der Waals surface area contributed by atoms with E-state index in [1.807, 2.05) is 68.1 Å². The van der Waals surface area contributed by atoms with E-state index in [1.54, 1.807) is 6.07 Å². The van der Waals surface area contributed by atoms with Gasteiger partial charge in [0.25, 0.3) is 0 Å². The Kier molecular flexibility index (Phi) is 7.21. The third-order valence-corrected chi connectivity index (χ3v) is 4.59. The van der Waals surface area contributed by atoms with Crippen molar-refractivity contribution in [1.29, 1.82) is 0 Å². The van der Waals surface area contributed by atoms with E-state index in [0.717, 1.165) is 10.2 Å². The van der Waals surface area contributed by atoms with E-state index >= 15 is 0 Å².